The molecule has 3 fully saturated rings. The van der Waals surface area contributed by atoms with Crippen molar-refractivity contribution in [3.63, 3.8) is 0 Å². The van der Waals surface area contributed by atoms with Crippen LogP contribution in [0.3, 0.4) is 0 Å². The van der Waals surface area contributed by atoms with Crippen LogP contribution in [-0.4, -0.2) is 64.3 Å². The average Bonchev–Trinajstić information content (AvgIpc) is 3.23. The van der Waals surface area contributed by atoms with Crippen LogP contribution in [0.2, 0.25) is 0 Å². The quantitative estimate of drug-likeness (QED) is 0.743. The van der Waals surface area contributed by atoms with E-state index in [9.17, 15) is 0 Å². The zero-order valence-corrected chi connectivity index (χ0v) is 18.4. The first-order valence-electron chi connectivity index (χ1n) is 12.1. The number of ether oxygens (including phenoxy) is 1. The van der Waals surface area contributed by atoms with Crippen LogP contribution >= 0.6 is 0 Å². The molecule has 2 aliphatic carbocycles. The minimum Gasteiger partial charge on any atom is -0.477 e. The third-order valence-corrected chi connectivity index (χ3v) is 7.28. The fraction of sp³-hybridized carbons (Fsp3) is 0.783. The van der Waals surface area contributed by atoms with Gasteiger partial charge < -0.3 is 14.5 Å². The fourth-order valence-corrected chi connectivity index (χ4v) is 5.27. The largest absolute Gasteiger partial charge is 0.477 e. The van der Waals surface area contributed by atoms with E-state index in [4.69, 9.17) is 19.8 Å². The predicted molar refractivity (Wildman–Crippen MR) is 118 cm³/mol. The SMILES string of the molecule is CN1CCN(c2cc(OCC3CCCCC3)nc3nc(C4CCCCC4)nn23)CC1. The van der Waals surface area contributed by atoms with E-state index in [-0.39, 0.29) is 0 Å². The van der Waals surface area contributed by atoms with Crippen LogP contribution < -0.4 is 9.64 Å². The molecule has 0 atom stereocenters. The van der Waals surface area contributed by atoms with Gasteiger partial charge >= 0.3 is 0 Å². The highest BCUT2D eigenvalue weighted by Crippen LogP contribution is 2.32. The Kier molecular flexibility index (Phi) is 6.07. The van der Waals surface area contributed by atoms with E-state index in [1.807, 2.05) is 4.52 Å². The number of fused-ring (bicyclic) bond motifs is 1. The van der Waals surface area contributed by atoms with E-state index in [2.05, 4.69) is 22.9 Å². The Morgan fingerprint density at radius 3 is 2.33 bits per heavy atom. The summed E-state index contributed by atoms with van der Waals surface area (Å²) in [6, 6.07) is 2.10. The first-order chi connectivity index (χ1) is 14.8. The van der Waals surface area contributed by atoms with Crippen LogP contribution in [0, 0.1) is 5.92 Å². The Balaban J connectivity index is 1.42. The van der Waals surface area contributed by atoms with Crippen LogP contribution in [0.4, 0.5) is 5.82 Å². The molecule has 2 aromatic heterocycles. The van der Waals surface area contributed by atoms with Crippen molar-refractivity contribution in [2.75, 3.05) is 44.7 Å². The molecule has 0 aromatic carbocycles. The first-order valence-corrected chi connectivity index (χ1v) is 12.1. The van der Waals surface area contributed by atoms with Gasteiger partial charge in [0, 0.05) is 38.2 Å². The lowest BCUT2D eigenvalue weighted by Crippen LogP contribution is -2.45. The molecule has 0 spiro atoms. The summed E-state index contributed by atoms with van der Waals surface area (Å²) in [5.41, 5.74) is 0. The van der Waals surface area contributed by atoms with Crippen molar-refractivity contribution in [3.05, 3.63) is 11.9 Å². The van der Waals surface area contributed by atoms with Gasteiger partial charge in [0.25, 0.3) is 5.78 Å². The van der Waals surface area contributed by atoms with Crippen LogP contribution in [-0.2, 0) is 0 Å². The maximum absolute atomic E-state index is 6.23. The summed E-state index contributed by atoms with van der Waals surface area (Å²) < 4.78 is 8.21. The van der Waals surface area contributed by atoms with Crippen molar-refractivity contribution < 1.29 is 4.74 Å². The molecule has 2 saturated carbocycles. The Hall–Kier alpha value is -1.89. The molecular weight excluding hydrogens is 376 g/mol. The van der Waals surface area contributed by atoms with Crippen molar-refractivity contribution >= 4 is 11.6 Å². The van der Waals surface area contributed by atoms with Gasteiger partial charge in [-0.1, -0.05) is 38.5 Å². The highest BCUT2D eigenvalue weighted by atomic mass is 16.5. The molecule has 164 valence electrons. The summed E-state index contributed by atoms with van der Waals surface area (Å²) in [7, 11) is 2.19. The normalized spacial score (nSPS) is 22.6. The summed E-state index contributed by atoms with van der Waals surface area (Å²) >= 11 is 0. The second kappa shape index (κ2) is 9.08. The molecule has 5 rings (SSSR count). The summed E-state index contributed by atoms with van der Waals surface area (Å²) in [5, 5.41) is 4.95. The number of piperazine rings is 1. The highest BCUT2D eigenvalue weighted by molar-refractivity contribution is 5.50. The molecule has 1 saturated heterocycles. The summed E-state index contributed by atoms with van der Waals surface area (Å²) in [5.74, 6) is 4.62. The number of hydrogen-bond acceptors (Lipinski definition) is 6. The van der Waals surface area contributed by atoms with Gasteiger partial charge in [-0.25, -0.2) is 0 Å². The number of nitrogens with zero attached hydrogens (tertiary/aromatic N) is 6. The average molecular weight is 413 g/mol. The van der Waals surface area contributed by atoms with E-state index < -0.39 is 0 Å². The van der Waals surface area contributed by atoms with Crippen LogP contribution in [0.25, 0.3) is 5.78 Å². The molecule has 0 amide bonds. The number of anilines is 1. The van der Waals surface area contributed by atoms with E-state index >= 15 is 0 Å². The molecule has 3 aliphatic rings. The molecule has 3 heterocycles. The van der Waals surface area contributed by atoms with E-state index in [0.717, 1.165) is 44.4 Å². The van der Waals surface area contributed by atoms with Gasteiger partial charge in [-0.2, -0.15) is 14.5 Å². The van der Waals surface area contributed by atoms with Gasteiger partial charge in [-0.3, -0.25) is 0 Å². The maximum atomic E-state index is 6.23. The number of rotatable bonds is 5. The smallest absolute Gasteiger partial charge is 0.257 e. The van der Waals surface area contributed by atoms with Crippen molar-refractivity contribution in [1.29, 1.82) is 0 Å². The standard InChI is InChI=1S/C23H36N6O/c1-27-12-14-28(15-13-27)21-16-20(30-17-18-8-4-2-5-9-18)24-23-25-22(26-29(21)23)19-10-6-3-7-11-19/h16,18-19H,2-15,17H2,1H3. The van der Waals surface area contributed by atoms with Gasteiger partial charge in [-0.15, -0.1) is 5.10 Å². The molecule has 30 heavy (non-hydrogen) atoms. The van der Waals surface area contributed by atoms with Crippen molar-refractivity contribution in [3.8, 4) is 5.88 Å². The molecule has 7 nitrogen and oxygen atoms in total. The van der Waals surface area contributed by atoms with Crippen LogP contribution in [0.5, 0.6) is 5.88 Å². The zero-order valence-electron chi connectivity index (χ0n) is 18.4. The number of aromatic nitrogens is 4. The monoisotopic (exact) mass is 412 g/mol. The van der Waals surface area contributed by atoms with E-state index in [1.54, 1.807) is 0 Å². The van der Waals surface area contributed by atoms with E-state index in [1.165, 1.54) is 64.2 Å². The Bertz CT molecular complexity index is 832. The van der Waals surface area contributed by atoms with Gasteiger partial charge in [0.05, 0.1) is 6.61 Å². The van der Waals surface area contributed by atoms with Crippen molar-refractivity contribution in [2.45, 2.75) is 70.1 Å². The summed E-state index contributed by atoms with van der Waals surface area (Å²) in [6.45, 7) is 4.89. The first kappa shape index (κ1) is 20.0. The minimum absolute atomic E-state index is 0.479. The number of hydrogen-bond donors (Lipinski definition) is 0. The molecule has 7 heteroatoms. The lowest BCUT2D eigenvalue weighted by atomic mass is 9.89. The Morgan fingerprint density at radius 1 is 0.900 bits per heavy atom. The Morgan fingerprint density at radius 2 is 1.60 bits per heavy atom. The third-order valence-electron chi connectivity index (χ3n) is 7.28. The minimum atomic E-state index is 0.479. The molecule has 0 bridgehead atoms. The van der Waals surface area contributed by atoms with Crippen molar-refractivity contribution in [2.24, 2.45) is 5.92 Å². The summed E-state index contributed by atoms with van der Waals surface area (Å²) in [4.78, 5) is 14.5. The third kappa shape index (κ3) is 4.41. The molecule has 1 aliphatic heterocycles. The van der Waals surface area contributed by atoms with Crippen LogP contribution in [0.15, 0.2) is 6.07 Å². The highest BCUT2D eigenvalue weighted by Gasteiger charge is 2.24. The molecule has 0 unspecified atom stereocenters. The summed E-state index contributed by atoms with van der Waals surface area (Å²) in [6.07, 6.45) is 12.9. The molecular formula is C23H36N6O. The zero-order chi connectivity index (χ0) is 20.3. The molecule has 0 radical (unpaired) electrons. The van der Waals surface area contributed by atoms with Gasteiger partial charge in [0.1, 0.15) is 5.82 Å². The lowest BCUT2D eigenvalue weighted by Gasteiger charge is -2.33. The maximum Gasteiger partial charge on any atom is 0.257 e. The topological polar surface area (TPSA) is 58.8 Å². The molecule has 2 aromatic rings. The second-order valence-electron chi connectivity index (χ2n) is 9.57. The lowest BCUT2D eigenvalue weighted by molar-refractivity contribution is 0.203. The van der Waals surface area contributed by atoms with Gasteiger partial charge in [-0.05, 0) is 38.6 Å². The molecule has 0 N–H and O–H groups in total. The van der Waals surface area contributed by atoms with Gasteiger partial charge in [0.2, 0.25) is 5.88 Å². The van der Waals surface area contributed by atoms with Gasteiger partial charge in [0.15, 0.2) is 5.82 Å². The number of likely N-dealkylation sites (N-methyl/N-ethyl adjacent to an activating group) is 1. The second-order valence-corrected chi connectivity index (χ2v) is 9.57. The Labute approximate surface area is 179 Å². The predicted octanol–water partition coefficient (Wildman–Crippen LogP) is 3.88. The van der Waals surface area contributed by atoms with Crippen LogP contribution in [0.1, 0.15) is 76.0 Å². The van der Waals surface area contributed by atoms with Crippen molar-refractivity contribution in [1.82, 2.24) is 24.5 Å². The fourth-order valence-electron chi connectivity index (χ4n) is 5.27. The van der Waals surface area contributed by atoms with E-state index in [0.29, 0.717) is 23.5 Å².